The molecule has 0 aliphatic heterocycles. The summed E-state index contributed by atoms with van der Waals surface area (Å²) in [6.07, 6.45) is 0.690. The zero-order chi connectivity index (χ0) is 14.4. The first-order valence-electron chi connectivity index (χ1n) is 5.78. The van der Waals surface area contributed by atoms with Gasteiger partial charge in [-0.1, -0.05) is 6.92 Å². The molecule has 0 saturated carbocycles. The van der Waals surface area contributed by atoms with Crippen molar-refractivity contribution in [3.63, 3.8) is 0 Å². The second-order valence-electron chi connectivity index (χ2n) is 4.07. The second-order valence-corrected chi connectivity index (χ2v) is 5.23. The minimum atomic E-state index is -0.506. The van der Waals surface area contributed by atoms with Crippen molar-refractivity contribution in [2.24, 2.45) is 11.5 Å². The van der Waals surface area contributed by atoms with E-state index in [1.165, 1.54) is 11.3 Å². The highest BCUT2D eigenvalue weighted by molar-refractivity contribution is 7.09. The smallest absolute Gasteiger partial charge is 0.231 e. The molecular weight excluding hydrogens is 288 g/mol. The van der Waals surface area contributed by atoms with Crippen molar-refractivity contribution in [2.75, 3.05) is 13.1 Å². The Morgan fingerprint density at radius 3 is 2.37 bits per heavy atom. The van der Waals surface area contributed by atoms with Crippen molar-refractivity contribution in [3.05, 3.63) is 16.1 Å². The molecule has 2 amide bonds. The van der Waals surface area contributed by atoms with Gasteiger partial charge in [0, 0.05) is 5.38 Å². The highest BCUT2D eigenvalue weighted by atomic mass is 35.5. The first kappa shape index (κ1) is 15.9. The molecular formula is C11H17ClN4O2S. The van der Waals surface area contributed by atoms with Crippen molar-refractivity contribution in [1.29, 1.82) is 0 Å². The van der Waals surface area contributed by atoms with Crippen LogP contribution >= 0.6 is 22.9 Å². The number of primary amides is 2. The Morgan fingerprint density at radius 1 is 1.42 bits per heavy atom. The zero-order valence-corrected chi connectivity index (χ0v) is 12.2. The van der Waals surface area contributed by atoms with Crippen LogP contribution in [0.15, 0.2) is 5.38 Å². The Hall–Kier alpha value is -1.18. The fourth-order valence-electron chi connectivity index (χ4n) is 1.80. The average Bonchev–Trinajstić information content (AvgIpc) is 2.77. The predicted molar refractivity (Wildman–Crippen MR) is 74.7 cm³/mol. The molecule has 0 aliphatic rings. The Kier molecular flexibility index (Phi) is 6.20. The van der Waals surface area contributed by atoms with E-state index in [9.17, 15) is 9.59 Å². The maximum absolute atomic E-state index is 11.1. The van der Waals surface area contributed by atoms with Gasteiger partial charge in [0.25, 0.3) is 0 Å². The fourth-order valence-corrected chi connectivity index (χ4v) is 3.07. The summed E-state index contributed by atoms with van der Waals surface area (Å²) in [5, 5.41) is 2.66. The molecule has 0 fully saturated rings. The molecule has 0 radical (unpaired) electrons. The minimum Gasteiger partial charge on any atom is -0.369 e. The zero-order valence-electron chi connectivity index (χ0n) is 10.6. The molecule has 1 rings (SSSR count). The lowest BCUT2D eigenvalue weighted by Gasteiger charge is -2.27. The number of amides is 2. The normalized spacial score (nSPS) is 12.6. The van der Waals surface area contributed by atoms with Crippen molar-refractivity contribution in [2.45, 2.75) is 25.3 Å². The third-order valence-corrected chi connectivity index (χ3v) is 3.81. The molecule has 1 unspecified atom stereocenters. The Morgan fingerprint density at radius 2 is 2.00 bits per heavy atom. The molecule has 1 aromatic rings. The van der Waals surface area contributed by atoms with Gasteiger partial charge in [-0.05, 0) is 6.42 Å². The van der Waals surface area contributed by atoms with Crippen LogP contribution in [0.5, 0.6) is 0 Å². The number of hydrogen-bond acceptors (Lipinski definition) is 5. The van der Waals surface area contributed by atoms with E-state index in [2.05, 4.69) is 4.98 Å². The van der Waals surface area contributed by atoms with E-state index >= 15 is 0 Å². The quantitative estimate of drug-likeness (QED) is 0.687. The second kappa shape index (κ2) is 7.42. The van der Waals surface area contributed by atoms with Crippen LogP contribution in [0.2, 0.25) is 0 Å². The van der Waals surface area contributed by atoms with Crippen LogP contribution in [0.25, 0.3) is 0 Å². The molecule has 0 saturated heterocycles. The SMILES string of the molecule is CCC(c1nc(CCl)cs1)N(CC(N)=O)CC(N)=O. The van der Waals surface area contributed by atoms with Crippen molar-refractivity contribution >= 4 is 34.8 Å². The fraction of sp³-hybridized carbons (Fsp3) is 0.545. The van der Waals surface area contributed by atoms with E-state index < -0.39 is 11.8 Å². The number of hydrogen-bond donors (Lipinski definition) is 2. The molecule has 8 heteroatoms. The third-order valence-electron chi connectivity index (χ3n) is 2.54. The number of carbonyl (C=O) groups excluding carboxylic acids is 2. The molecule has 0 aromatic carbocycles. The lowest BCUT2D eigenvalue weighted by atomic mass is 10.2. The van der Waals surface area contributed by atoms with E-state index in [1.54, 1.807) is 4.90 Å². The van der Waals surface area contributed by atoms with Crippen molar-refractivity contribution in [3.8, 4) is 0 Å². The molecule has 106 valence electrons. The molecule has 4 N–H and O–H groups in total. The van der Waals surface area contributed by atoms with Crippen LogP contribution in [0, 0.1) is 0 Å². The highest BCUT2D eigenvalue weighted by Gasteiger charge is 2.24. The largest absolute Gasteiger partial charge is 0.369 e. The third kappa shape index (κ3) is 4.77. The van der Waals surface area contributed by atoms with Crippen LogP contribution in [0.1, 0.15) is 30.1 Å². The van der Waals surface area contributed by atoms with Crippen LogP contribution in [0.3, 0.4) is 0 Å². The summed E-state index contributed by atoms with van der Waals surface area (Å²) in [5.74, 6) is -0.680. The first-order valence-corrected chi connectivity index (χ1v) is 7.20. The standard InChI is InChI=1S/C11H17ClN4O2S/c1-2-8(11-15-7(3-12)6-19-11)16(4-9(13)17)5-10(14)18/h6,8H,2-5H2,1H3,(H2,13,17)(H2,14,18). The Balaban J connectivity index is 2.93. The predicted octanol–water partition coefficient (Wildman–Crippen LogP) is 0.606. The van der Waals surface area contributed by atoms with Crippen LogP contribution in [-0.2, 0) is 15.5 Å². The molecule has 19 heavy (non-hydrogen) atoms. The van der Waals surface area contributed by atoms with E-state index in [1.807, 2.05) is 12.3 Å². The summed E-state index contributed by atoms with van der Waals surface area (Å²) < 4.78 is 0. The van der Waals surface area contributed by atoms with Crippen LogP contribution in [-0.4, -0.2) is 34.8 Å². The van der Waals surface area contributed by atoms with Crippen LogP contribution in [0.4, 0.5) is 0 Å². The number of carbonyl (C=O) groups is 2. The molecule has 1 heterocycles. The first-order chi connectivity index (χ1) is 8.97. The number of thiazole rings is 1. The van der Waals surface area contributed by atoms with Gasteiger partial charge >= 0.3 is 0 Å². The number of alkyl halides is 1. The number of halogens is 1. The van der Waals surface area contributed by atoms with Crippen LogP contribution < -0.4 is 11.5 Å². The van der Waals surface area contributed by atoms with Gasteiger partial charge in [-0.2, -0.15) is 0 Å². The van der Waals surface area contributed by atoms with E-state index in [0.29, 0.717) is 12.3 Å². The topological polar surface area (TPSA) is 102 Å². The highest BCUT2D eigenvalue weighted by Crippen LogP contribution is 2.27. The van der Waals surface area contributed by atoms with Gasteiger partial charge in [-0.3, -0.25) is 14.5 Å². The Bertz CT molecular complexity index is 436. The molecule has 1 atom stereocenters. The number of nitrogens with zero attached hydrogens (tertiary/aromatic N) is 2. The maximum Gasteiger partial charge on any atom is 0.231 e. The van der Waals surface area contributed by atoms with E-state index in [0.717, 1.165) is 10.7 Å². The molecule has 1 aromatic heterocycles. The molecule has 0 aliphatic carbocycles. The Labute approximate surface area is 120 Å². The van der Waals surface area contributed by atoms with Gasteiger partial charge in [-0.15, -0.1) is 22.9 Å². The minimum absolute atomic E-state index is 0.0305. The van der Waals surface area contributed by atoms with Gasteiger partial charge in [0.05, 0.1) is 30.7 Å². The number of nitrogens with two attached hydrogens (primary N) is 2. The summed E-state index contributed by atoms with van der Waals surface area (Å²) in [4.78, 5) is 28.2. The van der Waals surface area contributed by atoms with Gasteiger partial charge in [0.2, 0.25) is 11.8 Å². The average molecular weight is 305 g/mol. The molecule has 6 nitrogen and oxygen atoms in total. The monoisotopic (exact) mass is 304 g/mol. The van der Waals surface area contributed by atoms with Gasteiger partial charge < -0.3 is 11.5 Å². The summed E-state index contributed by atoms with van der Waals surface area (Å²) in [5.41, 5.74) is 11.2. The number of aromatic nitrogens is 1. The van der Waals surface area contributed by atoms with Crippen molar-refractivity contribution < 1.29 is 9.59 Å². The van der Waals surface area contributed by atoms with Gasteiger partial charge in [0.1, 0.15) is 5.01 Å². The lowest BCUT2D eigenvalue weighted by molar-refractivity contribution is -0.122. The number of rotatable bonds is 8. The summed E-state index contributed by atoms with van der Waals surface area (Å²) in [7, 11) is 0. The van der Waals surface area contributed by atoms with E-state index in [4.69, 9.17) is 23.1 Å². The van der Waals surface area contributed by atoms with E-state index in [-0.39, 0.29) is 19.1 Å². The molecule has 0 spiro atoms. The van der Waals surface area contributed by atoms with Gasteiger partial charge in [-0.25, -0.2) is 4.98 Å². The maximum atomic E-state index is 11.1. The summed E-state index contributed by atoms with van der Waals surface area (Å²) in [6.45, 7) is 1.88. The van der Waals surface area contributed by atoms with Gasteiger partial charge in [0.15, 0.2) is 0 Å². The summed E-state index contributed by atoms with van der Waals surface area (Å²) >= 11 is 7.17. The summed E-state index contributed by atoms with van der Waals surface area (Å²) in [6, 6.07) is -0.165. The molecule has 0 bridgehead atoms. The van der Waals surface area contributed by atoms with Crippen molar-refractivity contribution in [1.82, 2.24) is 9.88 Å². The lowest BCUT2D eigenvalue weighted by Crippen LogP contribution is -2.41.